The zero-order valence-electron chi connectivity index (χ0n) is 13.7. The van der Waals surface area contributed by atoms with Crippen LogP contribution in [0.2, 0.25) is 0 Å². The monoisotopic (exact) mass is 459 g/mol. The van der Waals surface area contributed by atoms with Crippen LogP contribution in [0.3, 0.4) is 0 Å². The van der Waals surface area contributed by atoms with Gasteiger partial charge in [-0.15, -0.1) is 24.0 Å². The molecule has 0 aliphatic carbocycles. The highest BCUT2D eigenvalue weighted by Gasteiger charge is 2.27. The molecule has 2 saturated heterocycles. The molecule has 0 radical (unpaired) electrons. The quantitative estimate of drug-likeness (QED) is 0.346. The largest absolute Gasteiger partial charge is 0.355 e. The average molecular weight is 459 g/mol. The number of piperazine rings is 1. The summed E-state index contributed by atoms with van der Waals surface area (Å²) in [4.78, 5) is 19.5. The number of hydrogen-bond acceptors (Lipinski definition) is 4. The van der Waals surface area contributed by atoms with Crippen molar-refractivity contribution in [2.24, 2.45) is 4.99 Å². The van der Waals surface area contributed by atoms with Crippen molar-refractivity contribution in [2.75, 3.05) is 58.6 Å². The maximum atomic E-state index is 11.7. The van der Waals surface area contributed by atoms with E-state index < -0.39 is 10.0 Å². The van der Waals surface area contributed by atoms with Gasteiger partial charge in [-0.3, -0.25) is 9.79 Å². The Labute approximate surface area is 155 Å². The molecule has 2 rings (SSSR count). The fraction of sp³-hybridized carbons (Fsp3) is 0.846. The van der Waals surface area contributed by atoms with Crippen LogP contribution < -0.4 is 5.32 Å². The Kier molecular flexibility index (Phi) is 8.01. The van der Waals surface area contributed by atoms with Gasteiger partial charge in [0, 0.05) is 59.8 Å². The molecule has 1 N–H and O–H groups in total. The van der Waals surface area contributed by atoms with Gasteiger partial charge in [-0.2, -0.15) is 0 Å². The summed E-state index contributed by atoms with van der Waals surface area (Å²) in [5, 5.41) is 3.21. The number of halogens is 1. The third-order valence-electron chi connectivity index (χ3n) is 4.08. The van der Waals surface area contributed by atoms with Gasteiger partial charge in [0.1, 0.15) is 0 Å². The maximum absolute atomic E-state index is 11.7. The predicted octanol–water partition coefficient (Wildman–Crippen LogP) is -0.621. The van der Waals surface area contributed by atoms with Crippen molar-refractivity contribution in [1.82, 2.24) is 19.4 Å². The van der Waals surface area contributed by atoms with Crippen LogP contribution in [0.4, 0.5) is 0 Å². The van der Waals surface area contributed by atoms with E-state index in [1.807, 2.05) is 4.90 Å². The number of amides is 1. The van der Waals surface area contributed by atoms with E-state index in [-0.39, 0.29) is 35.6 Å². The number of rotatable bonds is 3. The summed E-state index contributed by atoms with van der Waals surface area (Å²) in [7, 11) is -1.32. The Morgan fingerprint density at radius 2 is 1.74 bits per heavy atom. The molecule has 23 heavy (non-hydrogen) atoms. The molecule has 8 nitrogen and oxygen atoms in total. The Morgan fingerprint density at radius 3 is 2.22 bits per heavy atom. The van der Waals surface area contributed by atoms with E-state index in [0.717, 1.165) is 19.0 Å². The smallest absolute Gasteiger partial charge is 0.219 e. The predicted molar refractivity (Wildman–Crippen MR) is 101 cm³/mol. The number of nitrogens with one attached hydrogen (secondary N) is 1. The molecule has 0 atom stereocenters. The zero-order valence-corrected chi connectivity index (χ0v) is 16.8. The highest BCUT2D eigenvalue weighted by Crippen LogP contribution is 2.11. The van der Waals surface area contributed by atoms with E-state index in [1.165, 1.54) is 4.31 Å². The van der Waals surface area contributed by atoms with Crippen LogP contribution in [0, 0.1) is 0 Å². The highest BCUT2D eigenvalue weighted by atomic mass is 127. The number of hydrogen-bond donors (Lipinski definition) is 1. The van der Waals surface area contributed by atoms with Crippen LogP contribution in [0.1, 0.15) is 13.3 Å². The van der Waals surface area contributed by atoms with Crippen LogP contribution >= 0.6 is 24.0 Å². The average Bonchev–Trinajstić information content (AvgIpc) is 2.82. The van der Waals surface area contributed by atoms with E-state index in [1.54, 1.807) is 14.0 Å². The molecule has 0 saturated carbocycles. The number of carbonyl (C=O) groups excluding carboxylic acids is 1. The van der Waals surface area contributed by atoms with Crippen molar-refractivity contribution >= 4 is 45.9 Å². The molecule has 2 aliphatic rings. The van der Waals surface area contributed by atoms with Crippen LogP contribution in [-0.4, -0.2) is 93.0 Å². The summed E-state index contributed by atoms with van der Waals surface area (Å²) in [6.45, 7) is 6.06. The van der Waals surface area contributed by atoms with Gasteiger partial charge in [-0.25, -0.2) is 12.7 Å². The number of guanidine groups is 1. The minimum Gasteiger partial charge on any atom is -0.355 e. The van der Waals surface area contributed by atoms with Crippen molar-refractivity contribution in [3.8, 4) is 0 Å². The van der Waals surface area contributed by atoms with Gasteiger partial charge in [0.25, 0.3) is 0 Å². The molecule has 0 aromatic carbocycles. The molecule has 134 valence electrons. The number of carbonyl (C=O) groups is 1. The molecule has 2 heterocycles. The Morgan fingerprint density at radius 1 is 1.13 bits per heavy atom. The summed E-state index contributed by atoms with van der Waals surface area (Å²) < 4.78 is 25.0. The summed E-state index contributed by atoms with van der Waals surface area (Å²) in [5.74, 6) is 1.12. The minimum absolute atomic E-state index is 0. The molecule has 0 aromatic heterocycles. The Hall–Kier alpha value is -0.620. The molecule has 10 heteroatoms. The summed E-state index contributed by atoms with van der Waals surface area (Å²) in [6.07, 6.45) is 0.712. The molecule has 2 aliphatic heterocycles. The van der Waals surface area contributed by atoms with Crippen LogP contribution in [0.25, 0.3) is 0 Å². The number of sulfonamides is 1. The molecule has 0 bridgehead atoms. The fourth-order valence-electron chi connectivity index (χ4n) is 2.80. The van der Waals surface area contributed by atoms with Crippen molar-refractivity contribution in [3.63, 3.8) is 0 Å². The highest BCUT2D eigenvalue weighted by molar-refractivity contribution is 14.0. The van der Waals surface area contributed by atoms with Crippen LogP contribution in [-0.2, 0) is 14.8 Å². The second kappa shape index (κ2) is 9.02. The lowest BCUT2D eigenvalue weighted by Gasteiger charge is -2.36. The van der Waals surface area contributed by atoms with Gasteiger partial charge in [-0.1, -0.05) is 0 Å². The summed E-state index contributed by atoms with van der Waals surface area (Å²) in [5.41, 5.74) is 0. The van der Waals surface area contributed by atoms with Crippen molar-refractivity contribution in [3.05, 3.63) is 0 Å². The maximum Gasteiger partial charge on any atom is 0.219 e. The lowest BCUT2D eigenvalue weighted by atomic mass is 10.3. The second-order valence-electron chi connectivity index (χ2n) is 5.54. The van der Waals surface area contributed by atoms with Gasteiger partial charge in [0.05, 0.1) is 5.75 Å². The Bertz CT molecular complexity index is 532. The van der Waals surface area contributed by atoms with Crippen LogP contribution in [0.5, 0.6) is 0 Å². The number of nitrogens with zero attached hydrogens (tertiary/aromatic N) is 4. The third-order valence-corrected chi connectivity index (χ3v) is 6.04. The molecule has 0 unspecified atom stereocenters. The van der Waals surface area contributed by atoms with Gasteiger partial charge < -0.3 is 15.1 Å². The molecule has 0 spiro atoms. The van der Waals surface area contributed by atoms with Crippen LogP contribution in [0.15, 0.2) is 4.99 Å². The third kappa shape index (κ3) is 5.45. The zero-order chi connectivity index (χ0) is 16.2. The second-order valence-corrected chi connectivity index (χ2v) is 7.62. The first-order valence-electron chi connectivity index (χ1n) is 7.63. The van der Waals surface area contributed by atoms with Gasteiger partial charge in [-0.05, 0) is 6.42 Å². The van der Waals surface area contributed by atoms with E-state index in [9.17, 15) is 13.2 Å². The molecular weight excluding hydrogens is 433 g/mol. The Balaban J connectivity index is 0.00000264. The van der Waals surface area contributed by atoms with Crippen molar-refractivity contribution in [1.29, 1.82) is 0 Å². The van der Waals surface area contributed by atoms with Crippen molar-refractivity contribution < 1.29 is 13.2 Å². The van der Waals surface area contributed by atoms with E-state index in [2.05, 4.69) is 15.2 Å². The lowest BCUT2D eigenvalue weighted by Crippen LogP contribution is -2.54. The van der Waals surface area contributed by atoms with E-state index in [0.29, 0.717) is 39.1 Å². The normalized spacial score (nSPS) is 21.9. The van der Waals surface area contributed by atoms with E-state index >= 15 is 0 Å². The van der Waals surface area contributed by atoms with E-state index in [4.69, 9.17) is 0 Å². The molecule has 1 amide bonds. The molecular formula is C13H26IN5O3S. The van der Waals surface area contributed by atoms with Gasteiger partial charge >= 0.3 is 0 Å². The van der Waals surface area contributed by atoms with Gasteiger partial charge in [0.15, 0.2) is 5.96 Å². The fourth-order valence-corrected chi connectivity index (χ4v) is 4.33. The first-order valence-corrected chi connectivity index (χ1v) is 9.24. The summed E-state index contributed by atoms with van der Waals surface area (Å²) in [6, 6.07) is 0. The first-order chi connectivity index (χ1) is 10.4. The SMILES string of the molecule is CN=C(NCCN1CCCS1(=O)=O)N1CCN(C(C)=O)CC1.I. The van der Waals surface area contributed by atoms with Crippen molar-refractivity contribution in [2.45, 2.75) is 13.3 Å². The lowest BCUT2D eigenvalue weighted by molar-refractivity contribution is -0.130. The number of aliphatic imine (C=N–C) groups is 1. The minimum atomic E-state index is -3.04. The summed E-state index contributed by atoms with van der Waals surface area (Å²) >= 11 is 0. The molecule has 2 fully saturated rings. The first kappa shape index (κ1) is 20.4. The standard InChI is InChI=1S/C13H25N5O3S.HI/c1-12(19)16-7-9-17(10-8-16)13(14-2)15-4-6-18-5-3-11-22(18,20)21;/h3-11H2,1-2H3,(H,14,15);1H. The topological polar surface area (TPSA) is 85.3 Å². The molecule has 0 aromatic rings. The van der Waals surface area contributed by atoms with Gasteiger partial charge in [0.2, 0.25) is 15.9 Å².